The van der Waals surface area contributed by atoms with Crippen molar-refractivity contribution in [2.45, 2.75) is 23.8 Å². The number of nitrogen functional groups attached to an aromatic ring is 1. The summed E-state index contributed by atoms with van der Waals surface area (Å²) in [7, 11) is -3.93. The van der Waals surface area contributed by atoms with Crippen LogP contribution in [-0.4, -0.2) is 26.0 Å². The van der Waals surface area contributed by atoms with Crippen molar-refractivity contribution in [3.8, 4) is 0 Å². The van der Waals surface area contributed by atoms with Crippen LogP contribution in [0.3, 0.4) is 0 Å². The Morgan fingerprint density at radius 3 is 2.63 bits per heavy atom. The standard InChI is InChI=1S/C11H14ClFN2O2S2/c12-7-5-9(14)11(13)10(6-7)19(16,17)15-8-1-3-18-4-2-8/h5-6,8,15H,1-4,14H2. The summed E-state index contributed by atoms with van der Waals surface area (Å²) < 4.78 is 40.6. The number of anilines is 1. The van der Waals surface area contributed by atoms with E-state index in [1.165, 1.54) is 6.07 Å². The van der Waals surface area contributed by atoms with Crippen LogP contribution in [0.15, 0.2) is 17.0 Å². The third-order valence-electron chi connectivity index (χ3n) is 2.86. The van der Waals surface area contributed by atoms with Crippen molar-refractivity contribution in [3.05, 3.63) is 23.0 Å². The molecular formula is C11H14ClFN2O2S2. The Hall–Kier alpha value is -0.500. The SMILES string of the molecule is Nc1cc(Cl)cc(S(=O)(=O)NC2CCSCC2)c1F. The molecule has 0 aliphatic carbocycles. The summed E-state index contributed by atoms with van der Waals surface area (Å²) in [5, 5.41) is 0.0958. The molecule has 1 aliphatic rings. The number of nitrogens with two attached hydrogens (primary N) is 1. The monoisotopic (exact) mass is 324 g/mol. The summed E-state index contributed by atoms with van der Waals surface area (Å²) in [5.41, 5.74) is 5.13. The zero-order valence-electron chi connectivity index (χ0n) is 10.0. The number of nitrogens with one attached hydrogen (secondary N) is 1. The highest BCUT2D eigenvalue weighted by Gasteiger charge is 2.26. The molecule has 0 bridgehead atoms. The van der Waals surface area contributed by atoms with Crippen LogP contribution in [0.2, 0.25) is 5.02 Å². The quantitative estimate of drug-likeness (QED) is 0.836. The van der Waals surface area contributed by atoms with Crippen molar-refractivity contribution < 1.29 is 12.8 Å². The van der Waals surface area contributed by atoms with Crippen LogP contribution in [0.25, 0.3) is 0 Å². The minimum absolute atomic E-state index is 0.0958. The van der Waals surface area contributed by atoms with E-state index in [1.807, 2.05) is 0 Å². The molecular weight excluding hydrogens is 311 g/mol. The van der Waals surface area contributed by atoms with Gasteiger partial charge in [-0.15, -0.1) is 0 Å². The predicted octanol–water partition coefficient (Wildman–Crippen LogP) is 2.24. The lowest BCUT2D eigenvalue weighted by atomic mass is 10.2. The highest BCUT2D eigenvalue weighted by molar-refractivity contribution is 7.99. The molecule has 0 saturated carbocycles. The molecule has 0 radical (unpaired) electrons. The van der Waals surface area contributed by atoms with Crippen molar-refractivity contribution in [2.75, 3.05) is 17.2 Å². The highest BCUT2D eigenvalue weighted by Crippen LogP contribution is 2.26. The van der Waals surface area contributed by atoms with Crippen LogP contribution in [-0.2, 0) is 10.0 Å². The maximum atomic E-state index is 13.8. The van der Waals surface area contributed by atoms with E-state index in [0.717, 1.165) is 30.4 Å². The number of sulfonamides is 1. The molecule has 4 nitrogen and oxygen atoms in total. The van der Waals surface area contributed by atoms with Gasteiger partial charge in [0.15, 0.2) is 5.82 Å². The second-order valence-electron chi connectivity index (χ2n) is 4.32. The smallest absolute Gasteiger partial charge is 0.243 e. The van der Waals surface area contributed by atoms with E-state index in [1.54, 1.807) is 11.8 Å². The lowest BCUT2D eigenvalue weighted by molar-refractivity contribution is 0.520. The molecule has 0 amide bonds. The second-order valence-corrected chi connectivity index (χ2v) is 7.66. The van der Waals surface area contributed by atoms with E-state index < -0.39 is 20.7 Å². The first-order valence-electron chi connectivity index (χ1n) is 5.75. The number of hydrogen-bond acceptors (Lipinski definition) is 4. The van der Waals surface area contributed by atoms with Crippen LogP contribution in [0, 0.1) is 5.82 Å². The molecule has 106 valence electrons. The third-order valence-corrected chi connectivity index (χ3v) is 5.65. The van der Waals surface area contributed by atoms with Gasteiger partial charge in [-0.2, -0.15) is 11.8 Å². The summed E-state index contributed by atoms with van der Waals surface area (Å²) in [5.74, 6) is 0.836. The Balaban J connectivity index is 2.28. The lowest BCUT2D eigenvalue weighted by Crippen LogP contribution is -2.37. The average Bonchev–Trinajstić information content (AvgIpc) is 2.34. The second kappa shape index (κ2) is 5.87. The van der Waals surface area contributed by atoms with Gasteiger partial charge in [-0.05, 0) is 36.5 Å². The van der Waals surface area contributed by atoms with Crippen molar-refractivity contribution in [1.29, 1.82) is 0 Å². The maximum Gasteiger partial charge on any atom is 0.243 e. The first kappa shape index (κ1) is 14.9. The predicted molar refractivity (Wildman–Crippen MR) is 76.5 cm³/mol. The lowest BCUT2D eigenvalue weighted by Gasteiger charge is -2.22. The number of halogens is 2. The van der Waals surface area contributed by atoms with Crippen LogP contribution in [0.5, 0.6) is 0 Å². The minimum Gasteiger partial charge on any atom is -0.396 e. The van der Waals surface area contributed by atoms with Gasteiger partial charge >= 0.3 is 0 Å². The summed E-state index contributed by atoms with van der Waals surface area (Å²) in [6.45, 7) is 0. The van der Waals surface area contributed by atoms with Gasteiger partial charge in [-0.25, -0.2) is 17.5 Å². The van der Waals surface area contributed by atoms with E-state index in [-0.39, 0.29) is 16.8 Å². The van der Waals surface area contributed by atoms with Gasteiger partial charge < -0.3 is 5.73 Å². The molecule has 1 aliphatic heterocycles. The van der Waals surface area contributed by atoms with E-state index in [9.17, 15) is 12.8 Å². The van der Waals surface area contributed by atoms with Crippen molar-refractivity contribution in [1.82, 2.24) is 4.72 Å². The van der Waals surface area contributed by atoms with Crippen LogP contribution < -0.4 is 10.5 Å². The molecule has 1 saturated heterocycles. The number of rotatable bonds is 3. The van der Waals surface area contributed by atoms with Gasteiger partial charge in [-0.3, -0.25) is 0 Å². The van der Waals surface area contributed by atoms with Crippen LogP contribution >= 0.6 is 23.4 Å². The van der Waals surface area contributed by atoms with Crippen LogP contribution in [0.4, 0.5) is 10.1 Å². The van der Waals surface area contributed by atoms with Crippen molar-refractivity contribution >= 4 is 39.1 Å². The Kier molecular flexibility index (Phi) is 4.60. The third kappa shape index (κ3) is 3.53. The molecule has 19 heavy (non-hydrogen) atoms. The summed E-state index contributed by atoms with van der Waals surface area (Å²) in [4.78, 5) is -0.490. The van der Waals surface area contributed by atoms with Gasteiger partial charge in [0.05, 0.1) is 5.69 Å². The number of hydrogen-bond donors (Lipinski definition) is 2. The van der Waals surface area contributed by atoms with Crippen molar-refractivity contribution in [3.63, 3.8) is 0 Å². The zero-order valence-corrected chi connectivity index (χ0v) is 12.4. The summed E-state index contributed by atoms with van der Waals surface area (Å²) in [6.07, 6.45) is 1.48. The Bertz CT molecular complexity index is 574. The molecule has 2 rings (SSSR count). The highest BCUT2D eigenvalue weighted by atomic mass is 35.5. The molecule has 1 aromatic rings. The molecule has 0 atom stereocenters. The van der Waals surface area contributed by atoms with Gasteiger partial charge in [0.1, 0.15) is 4.90 Å². The minimum atomic E-state index is -3.93. The maximum absolute atomic E-state index is 13.8. The molecule has 1 aromatic carbocycles. The average molecular weight is 325 g/mol. The number of benzene rings is 1. The molecule has 1 fully saturated rings. The molecule has 3 N–H and O–H groups in total. The fourth-order valence-corrected chi connectivity index (χ4v) is 4.71. The topological polar surface area (TPSA) is 72.2 Å². The van der Waals surface area contributed by atoms with E-state index in [2.05, 4.69) is 4.72 Å². The van der Waals surface area contributed by atoms with Crippen molar-refractivity contribution in [2.24, 2.45) is 0 Å². The largest absolute Gasteiger partial charge is 0.396 e. The van der Waals surface area contributed by atoms with E-state index in [4.69, 9.17) is 17.3 Å². The number of thioether (sulfide) groups is 1. The van der Waals surface area contributed by atoms with E-state index >= 15 is 0 Å². The Morgan fingerprint density at radius 1 is 1.37 bits per heavy atom. The fourth-order valence-electron chi connectivity index (χ4n) is 1.88. The van der Waals surface area contributed by atoms with Crippen LogP contribution in [0.1, 0.15) is 12.8 Å². The summed E-state index contributed by atoms with van der Waals surface area (Å²) >= 11 is 7.51. The zero-order chi connectivity index (χ0) is 14.0. The Morgan fingerprint density at radius 2 is 2.00 bits per heavy atom. The molecule has 0 spiro atoms. The first-order valence-corrected chi connectivity index (χ1v) is 8.76. The molecule has 8 heteroatoms. The van der Waals surface area contributed by atoms with Gasteiger partial charge in [0.25, 0.3) is 0 Å². The Labute approximate surface area is 120 Å². The molecule has 0 aromatic heterocycles. The summed E-state index contributed by atoms with van der Waals surface area (Å²) in [6, 6.07) is 2.10. The molecule has 1 heterocycles. The molecule has 0 unspecified atom stereocenters. The van der Waals surface area contributed by atoms with E-state index in [0.29, 0.717) is 0 Å². The van der Waals surface area contributed by atoms with Gasteiger partial charge in [-0.1, -0.05) is 11.6 Å². The first-order chi connectivity index (χ1) is 8.90. The fraction of sp³-hybridized carbons (Fsp3) is 0.455. The normalized spacial score (nSPS) is 17.6. The van der Waals surface area contributed by atoms with Gasteiger partial charge in [0.2, 0.25) is 10.0 Å². The van der Waals surface area contributed by atoms with Gasteiger partial charge in [0, 0.05) is 11.1 Å².